The van der Waals surface area contributed by atoms with Crippen LogP contribution >= 0.6 is 11.3 Å². The molecule has 1 unspecified atom stereocenters. The molecule has 2 saturated heterocycles. The van der Waals surface area contributed by atoms with Crippen LogP contribution in [0.4, 0.5) is 15.2 Å². The van der Waals surface area contributed by atoms with Crippen molar-refractivity contribution in [2.45, 2.75) is 31.5 Å². The van der Waals surface area contributed by atoms with Crippen LogP contribution in [0.3, 0.4) is 0 Å². The number of halogens is 1. The van der Waals surface area contributed by atoms with Gasteiger partial charge in [0.2, 0.25) is 5.95 Å². The number of aromatic nitrogens is 3. The molecule has 2 N–H and O–H groups in total. The molecule has 1 aromatic carbocycles. The molecule has 0 bridgehead atoms. The maximum absolute atomic E-state index is 13.5. The van der Waals surface area contributed by atoms with Gasteiger partial charge in [0.05, 0.1) is 24.8 Å². The fraction of sp³-hybridized carbons (Fsp3) is 0.321. The highest BCUT2D eigenvalue weighted by atomic mass is 32.2. The van der Waals surface area contributed by atoms with E-state index in [0.717, 1.165) is 30.8 Å². The summed E-state index contributed by atoms with van der Waals surface area (Å²) in [7, 11) is -2.02. The number of benzene rings is 1. The molecule has 6 rings (SSSR count). The number of thiazole rings is 1. The topological polar surface area (TPSA) is 122 Å². The summed E-state index contributed by atoms with van der Waals surface area (Å²) in [6.45, 7) is 1.86. The number of nitrogens with one attached hydrogen (secondary N) is 2. The van der Waals surface area contributed by atoms with E-state index in [9.17, 15) is 17.6 Å². The Morgan fingerprint density at radius 3 is 2.76 bits per heavy atom. The van der Waals surface area contributed by atoms with E-state index in [1.807, 2.05) is 29.6 Å². The first-order chi connectivity index (χ1) is 20.3. The lowest BCUT2D eigenvalue weighted by atomic mass is 10.1. The van der Waals surface area contributed by atoms with Crippen molar-refractivity contribution in [1.29, 1.82) is 0 Å². The van der Waals surface area contributed by atoms with Gasteiger partial charge in [-0.15, -0.1) is 11.3 Å². The molecule has 2 aliphatic rings. The number of amides is 1. The SMILES string of the molecule is CNS(=O)(=O)N1CC(Oc2ccc(N3CCCC3c3csc(NC(=O)c4cccn4Cc4ccnc(F)c4)n3)cc2)C1. The maximum Gasteiger partial charge on any atom is 0.279 e. The number of carbonyl (C=O) groups excluding carboxylic acids is 1. The van der Waals surface area contributed by atoms with Gasteiger partial charge in [0, 0.05) is 43.6 Å². The minimum absolute atomic E-state index is 0.0797. The van der Waals surface area contributed by atoms with Crippen molar-refractivity contribution in [2.75, 3.05) is 36.9 Å². The van der Waals surface area contributed by atoms with Crippen LogP contribution in [-0.2, 0) is 16.8 Å². The van der Waals surface area contributed by atoms with Crippen LogP contribution in [0.2, 0.25) is 0 Å². The summed E-state index contributed by atoms with van der Waals surface area (Å²) in [6.07, 6.45) is 4.97. The van der Waals surface area contributed by atoms with Crippen LogP contribution in [0, 0.1) is 5.95 Å². The number of nitrogens with zero attached hydrogens (tertiary/aromatic N) is 5. The van der Waals surface area contributed by atoms with Crippen LogP contribution in [-0.4, -0.2) is 66.0 Å². The smallest absolute Gasteiger partial charge is 0.279 e. The van der Waals surface area contributed by atoms with Gasteiger partial charge < -0.3 is 14.2 Å². The summed E-state index contributed by atoms with van der Waals surface area (Å²) in [5, 5.41) is 5.41. The molecule has 1 atom stereocenters. The molecule has 1 amide bonds. The third kappa shape index (κ3) is 6.02. The van der Waals surface area contributed by atoms with E-state index < -0.39 is 16.2 Å². The van der Waals surface area contributed by atoms with Crippen LogP contribution in [0.25, 0.3) is 0 Å². The fourth-order valence-electron chi connectivity index (χ4n) is 5.25. The second kappa shape index (κ2) is 11.8. The molecule has 0 aliphatic carbocycles. The van der Waals surface area contributed by atoms with Crippen molar-refractivity contribution in [3.63, 3.8) is 0 Å². The van der Waals surface area contributed by atoms with Gasteiger partial charge in [-0.05, 0) is 66.9 Å². The second-order valence-corrected chi connectivity index (χ2v) is 12.9. The van der Waals surface area contributed by atoms with Gasteiger partial charge in [-0.3, -0.25) is 10.1 Å². The number of rotatable bonds is 10. The first kappa shape index (κ1) is 28.3. The van der Waals surface area contributed by atoms with Crippen LogP contribution in [0.5, 0.6) is 5.75 Å². The third-order valence-electron chi connectivity index (χ3n) is 7.43. The molecule has 4 aromatic rings. The maximum atomic E-state index is 13.5. The number of pyridine rings is 1. The van der Waals surface area contributed by atoms with Gasteiger partial charge in [-0.25, -0.2) is 14.7 Å². The van der Waals surface area contributed by atoms with Crippen molar-refractivity contribution >= 4 is 38.3 Å². The molecule has 220 valence electrons. The normalized spacial score (nSPS) is 17.8. The van der Waals surface area contributed by atoms with E-state index in [0.29, 0.717) is 41.8 Å². The molecule has 0 radical (unpaired) electrons. The van der Waals surface area contributed by atoms with Gasteiger partial charge in [-0.2, -0.15) is 17.1 Å². The van der Waals surface area contributed by atoms with Gasteiger partial charge in [0.15, 0.2) is 5.13 Å². The lowest BCUT2D eigenvalue weighted by molar-refractivity contribution is 0.0755. The monoisotopic (exact) mass is 611 g/mol. The van der Waals surface area contributed by atoms with E-state index in [4.69, 9.17) is 9.72 Å². The molecule has 2 fully saturated rings. The van der Waals surface area contributed by atoms with E-state index >= 15 is 0 Å². The molecule has 11 nitrogen and oxygen atoms in total. The van der Waals surface area contributed by atoms with Gasteiger partial charge in [-0.1, -0.05) is 0 Å². The lowest BCUT2D eigenvalue weighted by Gasteiger charge is -2.37. The number of carbonyl (C=O) groups is 1. The summed E-state index contributed by atoms with van der Waals surface area (Å²) in [5.41, 5.74) is 3.10. The zero-order chi connectivity index (χ0) is 29.3. The third-order valence-corrected chi connectivity index (χ3v) is 9.70. The van der Waals surface area contributed by atoms with Crippen molar-refractivity contribution in [1.82, 2.24) is 23.6 Å². The van der Waals surface area contributed by atoms with Gasteiger partial charge >= 0.3 is 0 Å². The molecule has 42 heavy (non-hydrogen) atoms. The number of hydrogen-bond donors (Lipinski definition) is 2. The average molecular weight is 612 g/mol. The van der Waals surface area contributed by atoms with Crippen LogP contribution < -0.4 is 19.7 Å². The predicted octanol–water partition coefficient (Wildman–Crippen LogP) is 3.65. The second-order valence-electron chi connectivity index (χ2n) is 10.2. The molecule has 3 aromatic heterocycles. The Balaban J connectivity index is 1.07. The van der Waals surface area contributed by atoms with Crippen LogP contribution in [0.1, 0.15) is 40.6 Å². The number of hydrogen-bond acceptors (Lipinski definition) is 8. The Hall–Kier alpha value is -3.85. The molecule has 2 aliphatic heterocycles. The molecule has 0 saturated carbocycles. The Bertz CT molecular complexity index is 1670. The Labute approximate surface area is 247 Å². The zero-order valence-electron chi connectivity index (χ0n) is 22.8. The fourth-order valence-corrected chi connectivity index (χ4v) is 6.98. The molecule has 5 heterocycles. The summed E-state index contributed by atoms with van der Waals surface area (Å²) < 4.78 is 48.5. The quantitative estimate of drug-likeness (QED) is 0.263. The molecule has 0 spiro atoms. The molecular formula is C28H30FN7O4S2. The van der Waals surface area contributed by atoms with Crippen LogP contribution in [0.15, 0.2) is 66.3 Å². The highest BCUT2D eigenvalue weighted by Gasteiger charge is 2.36. The lowest BCUT2D eigenvalue weighted by Crippen LogP contribution is -2.58. The summed E-state index contributed by atoms with van der Waals surface area (Å²) in [5.74, 6) is -0.151. The standard InChI is InChI=1S/C28H30FN7O4S2/c1-30-42(38,39)35-16-22(17-35)40-21-8-6-20(7-9-21)36-13-3-4-24(36)23-18-41-28(32-23)33-27(37)25-5-2-12-34(25)15-19-10-11-31-26(29)14-19/h2,5-12,14,18,22,24,30H,3-4,13,15-17H2,1H3,(H,32,33,37). The Kier molecular flexibility index (Phi) is 7.94. The summed E-state index contributed by atoms with van der Waals surface area (Å²) in [4.78, 5) is 23.7. The predicted molar refractivity (Wildman–Crippen MR) is 158 cm³/mol. The Morgan fingerprint density at radius 1 is 1.19 bits per heavy atom. The first-order valence-corrected chi connectivity index (χ1v) is 15.9. The average Bonchev–Trinajstić information content (AvgIpc) is 3.72. The summed E-state index contributed by atoms with van der Waals surface area (Å²) in [6, 6.07) is 14.5. The molecular weight excluding hydrogens is 581 g/mol. The van der Waals surface area contributed by atoms with E-state index in [1.165, 1.54) is 35.0 Å². The van der Waals surface area contributed by atoms with Crippen molar-refractivity contribution in [3.05, 3.63) is 89.2 Å². The van der Waals surface area contributed by atoms with E-state index in [-0.39, 0.29) is 18.1 Å². The molecule has 14 heteroatoms. The zero-order valence-corrected chi connectivity index (χ0v) is 24.4. The van der Waals surface area contributed by atoms with Gasteiger partial charge in [0.25, 0.3) is 16.1 Å². The van der Waals surface area contributed by atoms with Crippen molar-refractivity contribution in [2.24, 2.45) is 0 Å². The van der Waals surface area contributed by atoms with E-state index in [1.54, 1.807) is 29.0 Å². The minimum Gasteiger partial charge on any atom is -0.488 e. The number of anilines is 2. The van der Waals surface area contributed by atoms with Crippen molar-refractivity contribution in [3.8, 4) is 5.75 Å². The van der Waals surface area contributed by atoms with E-state index in [2.05, 4.69) is 19.9 Å². The summed E-state index contributed by atoms with van der Waals surface area (Å²) >= 11 is 1.38. The highest BCUT2D eigenvalue weighted by molar-refractivity contribution is 7.87. The largest absolute Gasteiger partial charge is 0.488 e. The first-order valence-electron chi connectivity index (χ1n) is 13.5. The highest BCUT2D eigenvalue weighted by Crippen LogP contribution is 2.38. The number of ether oxygens (including phenoxy) is 1. The Morgan fingerprint density at radius 2 is 2.00 bits per heavy atom. The van der Waals surface area contributed by atoms with Gasteiger partial charge in [0.1, 0.15) is 17.5 Å². The van der Waals surface area contributed by atoms with Crippen molar-refractivity contribution < 1.29 is 22.3 Å². The minimum atomic E-state index is -3.41.